The van der Waals surface area contributed by atoms with E-state index in [0.717, 1.165) is 6.07 Å². The van der Waals surface area contributed by atoms with Crippen LogP contribution in [0, 0.1) is 10.6 Å². The van der Waals surface area contributed by atoms with Gasteiger partial charge in [-0.3, -0.25) is 23.4 Å². The van der Waals surface area contributed by atoms with E-state index in [4.69, 9.17) is 22.1 Å². The molecule has 0 saturated carbocycles. The molecule has 2 heterocycles. The van der Waals surface area contributed by atoms with Gasteiger partial charge in [0.2, 0.25) is 16.5 Å². The van der Waals surface area contributed by atoms with E-state index in [0.29, 0.717) is 5.52 Å². The van der Waals surface area contributed by atoms with Gasteiger partial charge >= 0.3 is 12.1 Å². The fraction of sp³-hybridized carbons (Fsp3) is 0.455. The number of rotatable bonds is 9. The fourth-order valence-corrected chi connectivity index (χ4v) is 3.78. The molecule has 12 nitrogen and oxygen atoms in total. The molecule has 0 aliphatic carbocycles. The number of alkyl carbamates (subject to hydrolysis) is 1. The molecule has 0 spiro atoms. The molecule has 14 heteroatoms. The van der Waals surface area contributed by atoms with Crippen LogP contribution in [0.4, 0.5) is 9.18 Å². The lowest BCUT2D eigenvalue weighted by molar-refractivity contribution is -0.137. The van der Waals surface area contributed by atoms with E-state index in [2.05, 4.69) is 20.8 Å². The van der Waals surface area contributed by atoms with Crippen LogP contribution in [0.1, 0.15) is 40.0 Å². The average molecular weight is 523 g/mol. The number of benzene rings is 1. The summed E-state index contributed by atoms with van der Waals surface area (Å²) in [5.41, 5.74) is -0.855. The summed E-state index contributed by atoms with van der Waals surface area (Å²) in [6.07, 6.45) is -1.04. The first-order valence-electron chi connectivity index (χ1n) is 11.2. The fourth-order valence-electron chi connectivity index (χ4n) is 3.56. The molecule has 0 radical (unpaired) electrons. The standard InChI is InChI=1S/C22H27FN6O6S/c1-22(2,3)35-21(34)25-14(6-8-16(30)31)17(32)24-9-4-10-28-18(33)13-11-12(23)5-7-15(13)29-19(28)26-27-20(29)36/h5,7,11,14H,4,6,8-10H2,1-3H3,(H,24,32)(H,25,34)(H,27,36)(H,30,31)/t14-/m1/s1. The number of H-pyrrole nitrogens is 1. The number of hydrogen-bond acceptors (Lipinski definition) is 7. The molecule has 194 valence electrons. The van der Waals surface area contributed by atoms with E-state index in [1.165, 1.54) is 21.1 Å². The Morgan fingerprint density at radius 2 is 2.03 bits per heavy atom. The minimum Gasteiger partial charge on any atom is -0.481 e. The zero-order chi connectivity index (χ0) is 26.6. The molecule has 4 N–H and O–H groups in total. The molecule has 1 aromatic carbocycles. The third-order valence-electron chi connectivity index (χ3n) is 5.08. The van der Waals surface area contributed by atoms with Crippen LogP contribution in [0.2, 0.25) is 0 Å². The zero-order valence-corrected chi connectivity index (χ0v) is 20.8. The number of nitrogens with zero attached hydrogens (tertiary/aromatic N) is 3. The highest BCUT2D eigenvalue weighted by molar-refractivity contribution is 7.71. The van der Waals surface area contributed by atoms with Crippen molar-refractivity contribution in [2.45, 2.75) is 58.2 Å². The number of carbonyl (C=O) groups excluding carboxylic acids is 2. The van der Waals surface area contributed by atoms with Crippen molar-refractivity contribution in [2.24, 2.45) is 0 Å². The first kappa shape index (κ1) is 26.8. The molecule has 36 heavy (non-hydrogen) atoms. The van der Waals surface area contributed by atoms with E-state index in [1.54, 1.807) is 20.8 Å². The maximum absolute atomic E-state index is 13.8. The van der Waals surface area contributed by atoms with Crippen LogP contribution in [0.3, 0.4) is 0 Å². The molecule has 3 aromatic rings. The van der Waals surface area contributed by atoms with E-state index in [-0.39, 0.29) is 48.3 Å². The SMILES string of the molecule is CC(C)(C)OC(=O)N[C@H](CCC(=O)O)C(=O)NCCCn1c(=O)c2cc(F)ccc2n2c(=S)[nH]nc12. The lowest BCUT2D eigenvalue weighted by atomic mass is 10.1. The van der Waals surface area contributed by atoms with E-state index >= 15 is 0 Å². The van der Waals surface area contributed by atoms with Crippen LogP contribution < -0.4 is 16.2 Å². The highest BCUT2D eigenvalue weighted by Crippen LogP contribution is 2.15. The Labute approximate surface area is 209 Å². The second-order valence-corrected chi connectivity index (χ2v) is 9.44. The number of hydrogen-bond donors (Lipinski definition) is 4. The number of carboxylic acid groups (broad SMARTS) is 1. The molecule has 0 aliphatic rings. The molecule has 0 aliphatic heterocycles. The number of carbonyl (C=O) groups is 3. The number of aromatic amines is 1. The summed E-state index contributed by atoms with van der Waals surface area (Å²) >= 11 is 5.25. The van der Waals surface area contributed by atoms with Crippen molar-refractivity contribution >= 4 is 46.9 Å². The number of nitrogens with one attached hydrogen (secondary N) is 3. The quantitative estimate of drug-likeness (QED) is 0.246. The molecule has 3 rings (SSSR count). The van der Waals surface area contributed by atoms with Crippen molar-refractivity contribution in [1.29, 1.82) is 0 Å². The predicted molar refractivity (Wildman–Crippen MR) is 130 cm³/mol. The van der Waals surface area contributed by atoms with Gasteiger partial charge in [0, 0.05) is 19.5 Å². The van der Waals surface area contributed by atoms with Crippen molar-refractivity contribution in [1.82, 2.24) is 29.8 Å². The molecule has 0 fully saturated rings. The van der Waals surface area contributed by atoms with Gasteiger partial charge in [-0.1, -0.05) is 0 Å². The van der Waals surface area contributed by atoms with Gasteiger partial charge in [0.15, 0.2) is 0 Å². The van der Waals surface area contributed by atoms with Crippen molar-refractivity contribution < 1.29 is 28.6 Å². The van der Waals surface area contributed by atoms with Crippen molar-refractivity contribution in [3.05, 3.63) is 39.1 Å². The average Bonchev–Trinajstić information content (AvgIpc) is 3.15. The predicted octanol–water partition coefficient (Wildman–Crippen LogP) is 2.11. The summed E-state index contributed by atoms with van der Waals surface area (Å²) < 4.78 is 22.0. The summed E-state index contributed by atoms with van der Waals surface area (Å²) in [6, 6.07) is 2.67. The molecule has 0 unspecified atom stereocenters. The summed E-state index contributed by atoms with van der Waals surface area (Å²) in [4.78, 5) is 48.7. The van der Waals surface area contributed by atoms with Crippen LogP contribution in [-0.2, 0) is 20.9 Å². The number of halogens is 1. The van der Waals surface area contributed by atoms with Crippen molar-refractivity contribution in [2.75, 3.05) is 6.54 Å². The van der Waals surface area contributed by atoms with Gasteiger partial charge in [-0.25, -0.2) is 14.3 Å². The number of aromatic nitrogens is 4. The third-order valence-corrected chi connectivity index (χ3v) is 5.36. The second kappa shape index (κ2) is 10.8. The second-order valence-electron chi connectivity index (χ2n) is 9.06. The lowest BCUT2D eigenvalue weighted by Gasteiger charge is -2.23. The Bertz CT molecular complexity index is 1420. The molecular formula is C22H27FN6O6S. The maximum Gasteiger partial charge on any atom is 0.408 e. The number of ether oxygens (including phenoxy) is 1. The maximum atomic E-state index is 13.8. The summed E-state index contributed by atoms with van der Waals surface area (Å²) in [7, 11) is 0. The van der Waals surface area contributed by atoms with Gasteiger partial charge in [-0.05, 0) is 64.0 Å². The Kier molecular flexibility index (Phi) is 8.07. The number of amides is 2. The van der Waals surface area contributed by atoms with Gasteiger partial charge in [0.25, 0.3) is 5.56 Å². The minimum atomic E-state index is -1.13. The molecule has 0 saturated heterocycles. The van der Waals surface area contributed by atoms with Gasteiger partial charge in [0.05, 0.1) is 10.9 Å². The molecule has 2 aromatic heterocycles. The van der Waals surface area contributed by atoms with Crippen LogP contribution in [-0.4, -0.2) is 60.4 Å². The molecular weight excluding hydrogens is 495 g/mol. The number of fused-ring (bicyclic) bond motifs is 3. The normalized spacial score (nSPS) is 12.4. The summed E-state index contributed by atoms with van der Waals surface area (Å²) in [5.74, 6) is -2.05. The Morgan fingerprint density at radius 3 is 2.69 bits per heavy atom. The largest absolute Gasteiger partial charge is 0.481 e. The first-order valence-corrected chi connectivity index (χ1v) is 11.6. The topological polar surface area (TPSA) is 160 Å². The van der Waals surface area contributed by atoms with Gasteiger partial charge < -0.3 is 20.5 Å². The summed E-state index contributed by atoms with van der Waals surface area (Å²) in [6.45, 7) is 5.19. The Morgan fingerprint density at radius 1 is 1.31 bits per heavy atom. The van der Waals surface area contributed by atoms with Crippen molar-refractivity contribution in [3.63, 3.8) is 0 Å². The van der Waals surface area contributed by atoms with E-state index in [1.807, 2.05) is 0 Å². The summed E-state index contributed by atoms with van der Waals surface area (Å²) in [5, 5.41) is 20.8. The van der Waals surface area contributed by atoms with Gasteiger partial charge in [-0.15, -0.1) is 5.10 Å². The van der Waals surface area contributed by atoms with E-state index in [9.17, 15) is 23.6 Å². The molecule has 1 atom stereocenters. The molecule has 0 bridgehead atoms. The number of carboxylic acids is 1. The smallest absolute Gasteiger partial charge is 0.408 e. The Hall–Kier alpha value is -3.81. The Balaban J connectivity index is 1.71. The first-order chi connectivity index (χ1) is 16.9. The van der Waals surface area contributed by atoms with Crippen LogP contribution in [0.25, 0.3) is 16.7 Å². The zero-order valence-electron chi connectivity index (χ0n) is 20.0. The van der Waals surface area contributed by atoms with Gasteiger partial charge in [-0.2, -0.15) is 0 Å². The number of aryl methyl sites for hydroxylation is 1. The third kappa shape index (κ3) is 6.44. The minimum absolute atomic E-state index is 0.101. The van der Waals surface area contributed by atoms with Gasteiger partial charge in [0.1, 0.15) is 17.5 Å². The molecule has 2 amide bonds. The van der Waals surface area contributed by atoms with E-state index < -0.39 is 41.0 Å². The highest BCUT2D eigenvalue weighted by Gasteiger charge is 2.25. The highest BCUT2D eigenvalue weighted by atomic mass is 32.1. The monoisotopic (exact) mass is 522 g/mol. The van der Waals surface area contributed by atoms with Crippen LogP contribution in [0.5, 0.6) is 0 Å². The van der Waals surface area contributed by atoms with Crippen LogP contribution >= 0.6 is 12.2 Å². The van der Waals surface area contributed by atoms with Crippen LogP contribution in [0.15, 0.2) is 23.0 Å². The lowest BCUT2D eigenvalue weighted by Crippen LogP contribution is -2.48. The number of aliphatic carboxylic acids is 1. The van der Waals surface area contributed by atoms with Crippen molar-refractivity contribution in [3.8, 4) is 0 Å².